The van der Waals surface area contributed by atoms with Crippen LogP contribution in [-0.2, 0) is 4.74 Å². The zero-order valence-electron chi connectivity index (χ0n) is 11.0. The van der Waals surface area contributed by atoms with Crippen molar-refractivity contribution in [1.29, 1.82) is 0 Å². The number of nitrogens with zero attached hydrogens (tertiary/aromatic N) is 1. The summed E-state index contributed by atoms with van der Waals surface area (Å²) in [6.45, 7) is 6.84. The average Bonchev–Trinajstić information content (AvgIpc) is 2.38. The van der Waals surface area contributed by atoms with Crippen LogP contribution in [0.15, 0.2) is 18.2 Å². The fraction of sp³-hybridized carbons (Fsp3) is 0.500. The molecule has 3 nitrogen and oxygen atoms in total. The van der Waals surface area contributed by atoms with E-state index in [2.05, 4.69) is 24.8 Å². The Morgan fingerprint density at radius 3 is 3.00 bits per heavy atom. The Balaban J connectivity index is 2.34. The third-order valence-corrected chi connectivity index (χ3v) is 3.63. The molecule has 0 radical (unpaired) electrons. The molecule has 1 aliphatic heterocycles. The van der Waals surface area contributed by atoms with Gasteiger partial charge in [0.25, 0.3) is 0 Å². The minimum absolute atomic E-state index is 0.303. The number of benzene rings is 1. The molecule has 0 spiro atoms. The number of hydrogen-bond donors (Lipinski definition) is 1. The van der Waals surface area contributed by atoms with Crippen LogP contribution in [0.25, 0.3) is 0 Å². The molecule has 1 heterocycles. The Morgan fingerprint density at radius 1 is 1.56 bits per heavy atom. The molecule has 1 aromatic rings. The summed E-state index contributed by atoms with van der Waals surface area (Å²) in [7, 11) is 0. The van der Waals surface area contributed by atoms with E-state index in [9.17, 15) is 0 Å². The quantitative estimate of drug-likeness (QED) is 0.850. The van der Waals surface area contributed by atoms with Crippen LogP contribution >= 0.6 is 12.2 Å². The summed E-state index contributed by atoms with van der Waals surface area (Å²) in [5, 5.41) is 0. The highest BCUT2D eigenvalue weighted by atomic mass is 32.1. The third kappa shape index (κ3) is 2.65. The van der Waals surface area contributed by atoms with Gasteiger partial charge in [-0.05, 0) is 25.0 Å². The maximum atomic E-state index is 5.83. The van der Waals surface area contributed by atoms with Gasteiger partial charge in [-0.3, -0.25) is 0 Å². The number of nitrogens with two attached hydrogens (primary N) is 1. The van der Waals surface area contributed by atoms with Gasteiger partial charge in [-0.2, -0.15) is 0 Å². The SMILES string of the molecule is CCC1CN(c2c(C)cccc2C(N)=S)CCO1. The summed E-state index contributed by atoms with van der Waals surface area (Å²) in [6, 6.07) is 6.11. The fourth-order valence-corrected chi connectivity index (χ4v) is 2.61. The monoisotopic (exact) mass is 264 g/mol. The Hall–Kier alpha value is -1.13. The van der Waals surface area contributed by atoms with E-state index in [0.717, 1.165) is 31.7 Å². The van der Waals surface area contributed by atoms with Gasteiger partial charge in [0.15, 0.2) is 0 Å². The van der Waals surface area contributed by atoms with E-state index in [1.807, 2.05) is 12.1 Å². The molecular weight excluding hydrogens is 244 g/mol. The topological polar surface area (TPSA) is 38.5 Å². The molecule has 1 aliphatic rings. The lowest BCUT2D eigenvalue weighted by Gasteiger charge is -2.36. The number of thiocarbonyl (C=S) groups is 1. The molecule has 2 N–H and O–H groups in total. The highest BCUT2D eigenvalue weighted by Gasteiger charge is 2.22. The molecular formula is C14H20N2OS. The molecule has 0 saturated carbocycles. The number of hydrogen-bond acceptors (Lipinski definition) is 3. The molecule has 18 heavy (non-hydrogen) atoms. The van der Waals surface area contributed by atoms with Crippen molar-refractivity contribution < 1.29 is 4.74 Å². The molecule has 98 valence electrons. The van der Waals surface area contributed by atoms with Gasteiger partial charge in [-0.25, -0.2) is 0 Å². The molecule has 0 amide bonds. The first-order chi connectivity index (χ1) is 8.63. The van der Waals surface area contributed by atoms with Crippen LogP contribution in [-0.4, -0.2) is 30.8 Å². The zero-order chi connectivity index (χ0) is 13.1. The van der Waals surface area contributed by atoms with Gasteiger partial charge < -0.3 is 15.4 Å². The Bertz CT molecular complexity index is 447. The van der Waals surface area contributed by atoms with Gasteiger partial charge in [-0.15, -0.1) is 0 Å². The molecule has 2 rings (SSSR count). The summed E-state index contributed by atoms with van der Waals surface area (Å²) < 4.78 is 5.71. The third-order valence-electron chi connectivity index (χ3n) is 3.41. The van der Waals surface area contributed by atoms with Crippen molar-refractivity contribution in [3.63, 3.8) is 0 Å². The minimum atomic E-state index is 0.303. The van der Waals surface area contributed by atoms with Crippen molar-refractivity contribution in [2.24, 2.45) is 5.73 Å². The van der Waals surface area contributed by atoms with Crippen LogP contribution in [0.4, 0.5) is 5.69 Å². The van der Waals surface area contributed by atoms with Gasteiger partial charge in [0, 0.05) is 18.7 Å². The Kier molecular flexibility index (Phi) is 4.19. The summed E-state index contributed by atoms with van der Waals surface area (Å²) >= 11 is 5.16. The highest BCUT2D eigenvalue weighted by molar-refractivity contribution is 7.80. The lowest BCUT2D eigenvalue weighted by atomic mass is 10.1. The molecule has 0 bridgehead atoms. The summed E-state index contributed by atoms with van der Waals surface area (Å²) in [5.41, 5.74) is 9.20. The largest absolute Gasteiger partial charge is 0.389 e. The zero-order valence-corrected chi connectivity index (χ0v) is 11.8. The van der Waals surface area contributed by atoms with Crippen LogP contribution in [0, 0.1) is 6.92 Å². The molecule has 1 atom stereocenters. The van der Waals surface area contributed by atoms with Crippen LogP contribution in [0.2, 0.25) is 0 Å². The molecule has 1 aromatic carbocycles. The van der Waals surface area contributed by atoms with Gasteiger partial charge >= 0.3 is 0 Å². The number of aryl methyl sites for hydroxylation is 1. The molecule has 0 aromatic heterocycles. The Labute approximate surface area is 114 Å². The van der Waals surface area contributed by atoms with Crippen molar-refractivity contribution in [2.75, 3.05) is 24.6 Å². The maximum absolute atomic E-state index is 5.83. The lowest BCUT2D eigenvalue weighted by Crippen LogP contribution is -2.43. The second-order valence-electron chi connectivity index (χ2n) is 4.68. The molecule has 1 unspecified atom stereocenters. The van der Waals surface area contributed by atoms with Crippen molar-refractivity contribution in [1.82, 2.24) is 0 Å². The number of morpholine rings is 1. The van der Waals surface area contributed by atoms with E-state index in [4.69, 9.17) is 22.7 Å². The Morgan fingerprint density at radius 2 is 2.33 bits per heavy atom. The summed E-state index contributed by atoms with van der Waals surface area (Å²) in [4.78, 5) is 2.81. The predicted octanol–water partition coefficient (Wildman–Crippen LogP) is 2.24. The van der Waals surface area contributed by atoms with Crippen LogP contribution < -0.4 is 10.6 Å². The van der Waals surface area contributed by atoms with Gasteiger partial charge in [0.1, 0.15) is 4.99 Å². The number of rotatable bonds is 3. The van der Waals surface area contributed by atoms with Crippen molar-refractivity contribution in [2.45, 2.75) is 26.4 Å². The van der Waals surface area contributed by atoms with E-state index < -0.39 is 0 Å². The minimum Gasteiger partial charge on any atom is -0.389 e. The van der Waals surface area contributed by atoms with Crippen LogP contribution in [0.3, 0.4) is 0 Å². The smallest absolute Gasteiger partial charge is 0.106 e. The normalized spacial score (nSPS) is 19.9. The highest BCUT2D eigenvalue weighted by Crippen LogP contribution is 2.27. The van der Waals surface area contributed by atoms with Gasteiger partial charge in [0.2, 0.25) is 0 Å². The second kappa shape index (κ2) is 5.67. The van der Waals surface area contributed by atoms with E-state index in [-0.39, 0.29) is 0 Å². The first-order valence-electron chi connectivity index (χ1n) is 6.39. The van der Waals surface area contributed by atoms with E-state index >= 15 is 0 Å². The van der Waals surface area contributed by atoms with E-state index in [1.165, 1.54) is 11.3 Å². The van der Waals surface area contributed by atoms with Crippen molar-refractivity contribution >= 4 is 22.9 Å². The molecule has 0 aliphatic carbocycles. The van der Waals surface area contributed by atoms with Crippen LogP contribution in [0.1, 0.15) is 24.5 Å². The van der Waals surface area contributed by atoms with Gasteiger partial charge in [0.05, 0.1) is 18.4 Å². The standard InChI is InChI=1S/C14H20N2OS/c1-3-11-9-16(7-8-17-11)13-10(2)5-4-6-12(13)14(15)18/h4-6,11H,3,7-9H2,1-2H3,(H2,15,18). The molecule has 1 fully saturated rings. The second-order valence-corrected chi connectivity index (χ2v) is 5.12. The maximum Gasteiger partial charge on any atom is 0.106 e. The molecule has 1 saturated heterocycles. The number of anilines is 1. The average molecular weight is 264 g/mol. The summed E-state index contributed by atoms with van der Waals surface area (Å²) in [6.07, 6.45) is 1.34. The number of ether oxygens (including phenoxy) is 1. The first kappa shape index (κ1) is 13.3. The lowest BCUT2D eigenvalue weighted by molar-refractivity contribution is 0.0384. The molecule has 4 heteroatoms. The fourth-order valence-electron chi connectivity index (χ4n) is 2.45. The van der Waals surface area contributed by atoms with E-state index in [0.29, 0.717) is 11.1 Å². The van der Waals surface area contributed by atoms with Gasteiger partial charge in [-0.1, -0.05) is 31.3 Å². The van der Waals surface area contributed by atoms with E-state index in [1.54, 1.807) is 0 Å². The number of para-hydroxylation sites is 1. The first-order valence-corrected chi connectivity index (χ1v) is 6.80. The summed E-state index contributed by atoms with van der Waals surface area (Å²) in [5.74, 6) is 0. The van der Waals surface area contributed by atoms with Crippen molar-refractivity contribution in [3.05, 3.63) is 29.3 Å². The van der Waals surface area contributed by atoms with Crippen LogP contribution in [0.5, 0.6) is 0 Å². The van der Waals surface area contributed by atoms with Crippen molar-refractivity contribution in [3.8, 4) is 0 Å². The predicted molar refractivity (Wildman–Crippen MR) is 79.3 cm³/mol.